The van der Waals surface area contributed by atoms with Gasteiger partial charge in [-0.25, -0.2) is 12.8 Å². The van der Waals surface area contributed by atoms with Crippen molar-refractivity contribution < 1.29 is 22.0 Å². The minimum atomic E-state index is -3.84. The fourth-order valence-electron chi connectivity index (χ4n) is 3.33. The number of rotatable bonds is 4. The maximum Gasteiger partial charge on any atom is 0.289 e. The lowest BCUT2D eigenvalue weighted by Gasteiger charge is -2.33. The standard InChI is InChI=1S/C21H17Cl2FN2O4S/c22-16-2-1-3-19(20(16)23)31(28,29)26-12-10-25(11-13-26)21(27)18-9-8-17(30-18)14-4-6-15(24)7-5-14/h1-9H,10-13H2. The fraction of sp³-hybridized carbons (Fsp3) is 0.190. The Labute approximate surface area is 188 Å². The van der Waals surface area contributed by atoms with Gasteiger partial charge in [-0.15, -0.1) is 0 Å². The van der Waals surface area contributed by atoms with E-state index < -0.39 is 10.0 Å². The molecule has 2 heterocycles. The molecule has 1 saturated heterocycles. The summed E-state index contributed by atoms with van der Waals surface area (Å²) in [5.74, 6) is -0.127. The van der Waals surface area contributed by atoms with E-state index in [-0.39, 0.29) is 58.6 Å². The van der Waals surface area contributed by atoms with Gasteiger partial charge in [0.05, 0.1) is 10.0 Å². The van der Waals surface area contributed by atoms with Crippen LogP contribution in [-0.4, -0.2) is 49.7 Å². The SMILES string of the molecule is O=C(c1ccc(-c2ccc(F)cc2)o1)N1CCN(S(=O)(=O)c2cccc(Cl)c2Cl)CC1. The number of amides is 1. The van der Waals surface area contributed by atoms with Crippen LogP contribution in [0.2, 0.25) is 10.0 Å². The van der Waals surface area contributed by atoms with Crippen LogP contribution < -0.4 is 0 Å². The van der Waals surface area contributed by atoms with Crippen molar-refractivity contribution >= 4 is 39.1 Å². The molecular weight excluding hydrogens is 466 g/mol. The van der Waals surface area contributed by atoms with Gasteiger partial charge in [0, 0.05) is 31.7 Å². The largest absolute Gasteiger partial charge is 0.451 e. The molecule has 2 aromatic carbocycles. The lowest BCUT2D eigenvalue weighted by molar-refractivity contribution is 0.0667. The lowest BCUT2D eigenvalue weighted by Crippen LogP contribution is -2.50. The summed E-state index contributed by atoms with van der Waals surface area (Å²) in [5.41, 5.74) is 0.648. The molecule has 1 aliphatic heterocycles. The van der Waals surface area contributed by atoms with Crippen LogP contribution in [0, 0.1) is 5.82 Å². The van der Waals surface area contributed by atoms with Crippen LogP contribution in [-0.2, 0) is 10.0 Å². The summed E-state index contributed by atoms with van der Waals surface area (Å²) in [7, 11) is -3.84. The number of carbonyl (C=O) groups is 1. The van der Waals surface area contributed by atoms with Gasteiger partial charge < -0.3 is 9.32 Å². The van der Waals surface area contributed by atoms with Crippen molar-refractivity contribution in [3.05, 3.63) is 76.2 Å². The molecule has 0 radical (unpaired) electrons. The molecule has 0 aliphatic carbocycles. The quantitative estimate of drug-likeness (QED) is 0.547. The molecule has 1 fully saturated rings. The van der Waals surface area contributed by atoms with Crippen LogP contribution in [0.25, 0.3) is 11.3 Å². The minimum Gasteiger partial charge on any atom is -0.451 e. The van der Waals surface area contributed by atoms with Crippen LogP contribution in [0.5, 0.6) is 0 Å². The van der Waals surface area contributed by atoms with Gasteiger partial charge in [-0.2, -0.15) is 4.31 Å². The summed E-state index contributed by atoms with van der Waals surface area (Å²) in [6, 6.07) is 13.4. The van der Waals surface area contributed by atoms with Crippen LogP contribution in [0.1, 0.15) is 10.6 Å². The zero-order chi connectivity index (χ0) is 22.2. The van der Waals surface area contributed by atoms with E-state index in [4.69, 9.17) is 27.6 Å². The van der Waals surface area contributed by atoms with E-state index >= 15 is 0 Å². The zero-order valence-electron chi connectivity index (χ0n) is 16.1. The van der Waals surface area contributed by atoms with Crippen molar-refractivity contribution in [3.8, 4) is 11.3 Å². The van der Waals surface area contributed by atoms with Gasteiger partial charge >= 0.3 is 0 Å². The number of sulfonamides is 1. The highest BCUT2D eigenvalue weighted by atomic mass is 35.5. The van der Waals surface area contributed by atoms with E-state index in [0.29, 0.717) is 11.3 Å². The van der Waals surface area contributed by atoms with Gasteiger partial charge in [-0.1, -0.05) is 29.3 Å². The molecule has 0 N–H and O–H groups in total. The highest BCUT2D eigenvalue weighted by Crippen LogP contribution is 2.31. The molecule has 31 heavy (non-hydrogen) atoms. The van der Waals surface area contributed by atoms with Gasteiger partial charge in [0.25, 0.3) is 5.91 Å². The summed E-state index contributed by atoms with van der Waals surface area (Å²) in [5, 5.41) is 0.137. The second kappa shape index (κ2) is 8.63. The number of hydrogen-bond acceptors (Lipinski definition) is 4. The monoisotopic (exact) mass is 482 g/mol. The molecular formula is C21H17Cl2FN2O4S. The second-order valence-electron chi connectivity index (χ2n) is 6.92. The molecule has 0 spiro atoms. The molecule has 10 heteroatoms. The second-order valence-corrected chi connectivity index (χ2v) is 9.61. The molecule has 4 rings (SSSR count). The van der Waals surface area contributed by atoms with Crippen molar-refractivity contribution in [2.24, 2.45) is 0 Å². The van der Waals surface area contributed by atoms with Crippen molar-refractivity contribution in [2.45, 2.75) is 4.90 Å². The number of carbonyl (C=O) groups excluding carboxylic acids is 1. The third kappa shape index (κ3) is 4.34. The van der Waals surface area contributed by atoms with Crippen molar-refractivity contribution in [3.63, 3.8) is 0 Å². The average Bonchev–Trinajstić information content (AvgIpc) is 3.26. The number of benzene rings is 2. The number of nitrogens with zero attached hydrogens (tertiary/aromatic N) is 2. The topological polar surface area (TPSA) is 70.8 Å². The molecule has 0 bridgehead atoms. The number of piperazine rings is 1. The van der Waals surface area contributed by atoms with Crippen molar-refractivity contribution in [1.82, 2.24) is 9.21 Å². The van der Waals surface area contributed by atoms with Gasteiger partial charge in [-0.3, -0.25) is 4.79 Å². The summed E-state index contributed by atoms with van der Waals surface area (Å²) in [6.07, 6.45) is 0. The lowest BCUT2D eigenvalue weighted by atomic mass is 10.2. The summed E-state index contributed by atoms with van der Waals surface area (Å²) in [6.45, 7) is 0.622. The third-order valence-electron chi connectivity index (χ3n) is 5.01. The van der Waals surface area contributed by atoms with Gasteiger partial charge in [-0.05, 0) is 48.5 Å². The molecule has 162 valence electrons. The molecule has 1 aromatic heterocycles. The molecule has 0 atom stereocenters. The Balaban J connectivity index is 1.45. The Morgan fingerprint density at radius 2 is 1.61 bits per heavy atom. The molecule has 0 unspecified atom stereocenters. The smallest absolute Gasteiger partial charge is 0.289 e. The number of halogens is 3. The number of hydrogen-bond donors (Lipinski definition) is 0. The Kier molecular flexibility index (Phi) is 6.07. The Morgan fingerprint density at radius 1 is 0.935 bits per heavy atom. The summed E-state index contributed by atoms with van der Waals surface area (Å²) >= 11 is 12.0. The Hall–Kier alpha value is -2.39. The normalized spacial score (nSPS) is 15.3. The highest BCUT2D eigenvalue weighted by Gasteiger charge is 2.32. The van der Waals surface area contributed by atoms with E-state index in [2.05, 4.69) is 0 Å². The first-order chi connectivity index (χ1) is 14.8. The van der Waals surface area contributed by atoms with Gasteiger partial charge in [0.15, 0.2) is 5.76 Å². The van der Waals surface area contributed by atoms with E-state index in [1.807, 2.05) is 0 Å². The first kappa shape index (κ1) is 21.8. The van der Waals surface area contributed by atoms with Crippen molar-refractivity contribution in [2.75, 3.05) is 26.2 Å². The predicted molar refractivity (Wildman–Crippen MR) is 115 cm³/mol. The Morgan fingerprint density at radius 3 is 2.29 bits per heavy atom. The van der Waals surface area contributed by atoms with Crippen LogP contribution in [0.3, 0.4) is 0 Å². The van der Waals surface area contributed by atoms with Crippen LogP contribution >= 0.6 is 23.2 Å². The van der Waals surface area contributed by atoms with Crippen LogP contribution in [0.15, 0.2) is 63.9 Å². The Bertz CT molecular complexity index is 1220. The van der Waals surface area contributed by atoms with Crippen LogP contribution in [0.4, 0.5) is 4.39 Å². The first-order valence-corrected chi connectivity index (χ1v) is 11.6. The minimum absolute atomic E-state index is 0.0217. The molecule has 1 amide bonds. The fourth-order valence-corrected chi connectivity index (χ4v) is 5.49. The van der Waals surface area contributed by atoms with Gasteiger partial charge in [0.1, 0.15) is 16.5 Å². The summed E-state index contributed by atoms with van der Waals surface area (Å²) < 4.78 is 45.9. The maximum atomic E-state index is 13.1. The zero-order valence-corrected chi connectivity index (χ0v) is 18.4. The average molecular weight is 483 g/mol. The predicted octanol–water partition coefficient (Wildman–Crippen LogP) is 4.54. The van der Waals surface area contributed by atoms with E-state index in [1.165, 1.54) is 39.5 Å². The van der Waals surface area contributed by atoms with E-state index in [9.17, 15) is 17.6 Å². The first-order valence-electron chi connectivity index (χ1n) is 9.36. The molecule has 1 aliphatic rings. The molecule has 6 nitrogen and oxygen atoms in total. The highest BCUT2D eigenvalue weighted by molar-refractivity contribution is 7.89. The van der Waals surface area contributed by atoms with E-state index in [1.54, 1.807) is 24.3 Å². The third-order valence-corrected chi connectivity index (χ3v) is 7.88. The number of furan rings is 1. The molecule has 0 saturated carbocycles. The summed E-state index contributed by atoms with van der Waals surface area (Å²) in [4.78, 5) is 14.3. The van der Waals surface area contributed by atoms with Crippen molar-refractivity contribution in [1.29, 1.82) is 0 Å². The van der Waals surface area contributed by atoms with E-state index in [0.717, 1.165) is 0 Å². The maximum absolute atomic E-state index is 13.1. The molecule has 3 aromatic rings. The van der Waals surface area contributed by atoms with Gasteiger partial charge in [0.2, 0.25) is 10.0 Å².